The molecule has 0 spiro atoms. The fourth-order valence-electron chi connectivity index (χ4n) is 3.69. The van der Waals surface area contributed by atoms with Gasteiger partial charge in [0.25, 0.3) is 0 Å². The second-order valence-corrected chi connectivity index (χ2v) is 7.72. The zero-order chi connectivity index (χ0) is 21.6. The van der Waals surface area contributed by atoms with Crippen molar-refractivity contribution in [2.75, 3.05) is 35.2 Å². The third-order valence-corrected chi connectivity index (χ3v) is 5.47. The number of alkyl halides is 3. The van der Waals surface area contributed by atoms with Crippen molar-refractivity contribution >= 4 is 40.1 Å². The van der Waals surface area contributed by atoms with Crippen LogP contribution in [-0.2, 0) is 12.8 Å². The summed E-state index contributed by atoms with van der Waals surface area (Å²) in [5.74, 6) is 1.10. The number of rotatable bonds is 3. The average Bonchev–Trinajstić information content (AvgIpc) is 3.11. The number of piperazine rings is 1. The number of benzene rings is 1. The van der Waals surface area contributed by atoms with Gasteiger partial charge in [0.05, 0.1) is 28.4 Å². The van der Waals surface area contributed by atoms with E-state index in [4.69, 9.17) is 17.3 Å². The minimum absolute atomic E-state index is 0.0157. The standard InChI is InChI=1S/C19H20ClF3N6O/c1-10-8-28(17-13(20)4-11(9-30)7-25-17)2-3-29(10)18-26-15-6-12(19(21,22)23)5-14(24)16(15)27-18/h4-7,10,30H,2-3,8-9,24H2,1H3,(H,26,27)/t10-/m1/s1. The molecule has 4 N–H and O–H groups in total. The maximum Gasteiger partial charge on any atom is 0.416 e. The van der Waals surface area contributed by atoms with E-state index in [1.54, 1.807) is 12.3 Å². The van der Waals surface area contributed by atoms with E-state index in [1.807, 2.05) is 16.7 Å². The van der Waals surface area contributed by atoms with Gasteiger partial charge in [0, 0.05) is 31.9 Å². The molecular weight excluding hydrogens is 421 g/mol. The highest BCUT2D eigenvalue weighted by Crippen LogP contribution is 2.35. The Kier molecular flexibility index (Phi) is 5.15. The summed E-state index contributed by atoms with van der Waals surface area (Å²) in [6, 6.07) is 3.59. The number of imidazole rings is 1. The normalized spacial score (nSPS) is 17.7. The number of fused-ring (bicyclic) bond motifs is 1. The van der Waals surface area contributed by atoms with Crippen LogP contribution in [0.1, 0.15) is 18.1 Å². The lowest BCUT2D eigenvalue weighted by atomic mass is 10.1. The number of halogens is 4. The van der Waals surface area contributed by atoms with Crippen molar-refractivity contribution in [3.05, 3.63) is 40.5 Å². The number of H-pyrrole nitrogens is 1. The van der Waals surface area contributed by atoms with Crippen LogP contribution in [0.25, 0.3) is 11.0 Å². The second kappa shape index (κ2) is 7.51. The van der Waals surface area contributed by atoms with E-state index in [9.17, 15) is 18.3 Å². The van der Waals surface area contributed by atoms with Crippen LogP contribution < -0.4 is 15.5 Å². The molecule has 0 amide bonds. The van der Waals surface area contributed by atoms with E-state index in [0.29, 0.717) is 47.5 Å². The number of hydrogen-bond acceptors (Lipinski definition) is 6. The average molecular weight is 441 g/mol. The van der Waals surface area contributed by atoms with Crippen LogP contribution in [0.15, 0.2) is 24.4 Å². The lowest BCUT2D eigenvalue weighted by molar-refractivity contribution is -0.137. The quantitative estimate of drug-likeness (QED) is 0.540. The first-order valence-corrected chi connectivity index (χ1v) is 9.68. The minimum atomic E-state index is -4.48. The lowest BCUT2D eigenvalue weighted by Gasteiger charge is -2.40. The van der Waals surface area contributed by atoms with Crippen LogP contribution >= 0.6 is 11.6 Å². The predicted molar refractivity (Wildman–Crippen MR) is 110 cm³/mol. The number of nitrogens with one attached hydrogen (secondary N) is 1. The fourth-order valence-corrected chi connectivity index (χ4v) is 3.99. The molecule has 0 aliphatic carbocycles. The van der Waals surface area contributed by atoms with Gasteiger partial charge in [-0.15, -0.1) is 0 Å². The number of hydrogen-bond donors (Lipinski definition) is 3. The zero-order valence-electron chi connectivity index (χ0n) is 16.0. The first kappa shape index (κ1) is 20.5. The molecule has 1 aromatic carbocycles. The molecule has 3 heterocycles. The van der Waals surface area contributed by atoms with Crippen LogP contribution in [0.5, 0.6) is 0 Å². The highest BCUT2D eigenvalue weighted by molar-refractivity contribution is 6.33. The van der Waals surface area contributed by atoms with Gasteiger partial charge in [0.1, 0.15) is 11.3 Å². The molecule has 7 nitrogen and oxygen atoms in total. The van der Waals surface area contributed by atoms with Crippen molar-refractivity contribution in [1.82, 2.24) is 15.0 Å². The monoisotopic (exact) mass is 440 g/mol. The second-order valence-electron chi connectivity index (χ2n) is 7.32. The number of aliphatic hydroxyl groups excluding tert-OH is 1. The topological polar surface area (TPSA) is 94.3 Å². The number of nitrogen functional groups attached to an aromatic ring is 1. The van der Waals surface area contributed by atoms with Crippen molar-refractivity contribution in [3.8, 4) is 0 Å². The number of aliphatic hydroxyl groups is 1. The van der Waals surface area contributed by atoms with Gasteiger partial charge in [-0.3, -0.25) is 0 Å². The molecule has 1 saturated heterocycles. The van der Waals surface area contributed by atoms with E-state index in [1.165, 1.54) is 0 Å². The Hall–Kier alpha value is -2.72. The Labute approximate surface area is 175 Å². The lowest BCUT2D eigenvalue weighted by Crippen LogP contribution is -2.52. The Bertz CT molecular complexity index is 1090. The summed E-state index contributed by atoms with van der Waals surface area (Å²) in [7, 11) is 0. The first-order chi connectivity index (χ1) is 14.2. The van der Waals surface area contributed by atoms with Gasteiger partial charge in [-0.05, 0) is 30.7 Å². The zero-order valence-corrected chi connectivity index (χ0v) is 16.8. The molecule has 0 radical (unpaired) electrons. The molecule has 1 aliphatic rings. The summed E-state index contributed by atoms with van der Waals surface area (Å²) in [6.45, 7) is 3.59. The van der Waals surface area contributed by atoms with E-state index in [0.717, 1.165) is 12.1 Å². The SMILES string of the molecule is C[C@@H]1CN(c2ncc(CO)cc2Cl)CCN1c1nc2c(N)cc(C(F)(F)F)cc2[nH]1. The molecule has 1 aliphatic heterocycles. The van der Waals surface area contributed by atoms with Crippen LogP contribution in [0.3, 0.4) is 0 Å². The van der Waals surface area contributed by atoms with Crippen LogP contribution in [0.4, 0.5) is 30.6 Å². The number of anilines is 3. The summed E-state index contributed by atoms with van der Waals surface area (Å²) in [6.07, 6.45) is -2.90. The van der Waals surface area contributed by atoms with Crippen molar-refractivity contribution in [1.29, 1.82) is 0 Å². The van der Waals surface area contributed by atoms with E-state index < -0.39 is 11.7 Å². The summed E-state index contributed by atoms with van der Waals surface area (Å²) in [4.78, 5) is 15.8. The van der Waals surface area contributed by atoms with Crippen molar-refractivity contribution in [2.45, 2.75) is 25.7 Å². The molecule has 4 rings (SSSR count). The van der Waals surface area contributed by atoms with E-state index >= 15 is 0 Å². The van der Waals surface area contributed by atoms with E-state index in [-0.39, 0.29) is 23.9 Å². The van der Waals surface area contributed by atoms with Gasteiger partial charge >= 0.3 is 6.18 Å². The molecule has 0 saturated carbocycles. The molecule has 30 heavy (non-hydrogen) atoms. The van der Waals surface area contributed by atoms with Crippen LogP contribution in [0.2, 0.25) is 5.02 Å². The molecule has 1 atom stereocenters. The highest BCUT2D eigenvalue weighted by atomic mass is 35.5. The van der Waals surface area contributed by atoms with Gasteiger partial charge in [-0.25, -0.2) is 9.97 Å². The number of nitrogens with zero attached hydrogens (tertiary/aromatic N) is 4. The Balaban J connectivity index is 1.58. The fraction of sp³-hybridized carbons (Fsp3) is 0.368. The smallest absolute Gasteiger partial charge is 0.397 e. The van der Waals surface area contributed by atoms with Gasteiger partial charge in [0.15, 0.2) is 0 Å². The molecule has 3 aromatic rings. The van der Waals surface area contributed by atoms with E-state index in [2.05, 4.69) is 15.0 Å². The molecular formula is C19H20ClF3N6O. The highest BCUT2D eigenvalue weighted by Gasteiger charge is 2.32. The summed E-state index contributed by atoms with van der Waals surface area (Å²) >= 11 is 6.31. The first-order valence-electron chi connectivity index (χ1n) is 9.30. The third-order valence-electron chi connectivity index (χ3n) is 5.19. The molecule has 0 bridgehead atoms. The molecule has 11 heteroatoms. The summed E-state index contributed by atoms with van der Waals surface area (Å²) < 4.78 is 39.2. The number of aromatic amines is 1. The number of aromatic nitrogens is 3. The Morgan fingerprint density at radius 1 is 1.30 bits per heavy atom. The Morgan fingerprint density at radius 2 is 2.07 bits per heavy atom. The van der Waals surface area contributed by atoms with Crippen molar-refractivity contribution in [2.24, 2.45) is 0 Å². The predicted octanol–water partition coefficient (Wildman–Crippen LogP) is 3.42. The largest absolute Gasteiger partial charge is 0.416 e. The summed E-state index contributed by atoms with van der Waals surface area (Å²) in [5, 5.41) is 9.66. The van der Waals surface area contributed by atoms with Gasteiger partial charge in [-0.1, -0.05) is 11.6 Å². The Morgan fingerprint density at radius 3 is 2.70 bits per heavy atom. The van der Waals surface area contributed by atoms with Crippen molar-refractivity contribution in [3.63, 3.8) is 0 Å². The number of pyridine rings is 1. The maximum absolute atomic E-state index is 13.1. The van der Waals surface area contributed by atoms with Crippen LogP contribution in [-0.4, -0.2) is 45.7 Å². The molecule has 2 aromatic heterocycles. The van der Waals surface area contributed by atoms with Crippen molar-refractivity contribution < 1.29 is 18.3 Å². The maximum atomic E-state index is 13.1. The minimum Gasteiger partial charge on any atom is -0.397 e. The molecule has 160 valence electrons. The third kappa shape index (κ3) is 3.72. The van der Waals surface area contributed by atoms with Gasteiger partial charge in [0.2, 0.25) is 5.95 Å². The van der Waals surface area contributed by atoms with Gasteiger partial charge < -0.3 is 25.6 Å². The summed E-state index contributed by atoms with van der Waals surface area (Å²) in [5.41, 5.74) is 6.18. The molecule has 1 fully saturated rings. The van der Waals surface area contributed by atoms with Gasteiger partial charge in [-0.2, -0.15) is 13.2 Å². The number of nitrogens with two attached hydrogens (primary N) is 1. The molecule has 0 unspecified atom stereocenters. The van der Waals surface area contributed by atoms with Crippen LogP contribution in [0, 0.1) is 0 Å².